The van der Waals surface area contributed by atoms with E-state index in [1.54, 1.807) is 12.5 Å². The smallest absolute Gasteiger partial charge is 0.227 e. The zero-order chi connectivity index (χ0) is 13.1. The van der Waals surface area contributed by atoms with Gasteiger partial charge in [-0.15, -0.1) is 0 Å². The molecule has 1 amide bonds. The lowest BCUT2D eigenvalue weighted by molar-refractivity contribution is -0.117. The van der Waals surface area contributed by atoms with Crippen molar-refractivity contribution < 1.29 is 9.21 Å². The van der Waals surface area contributed by atoms with Gasteiger partial charge in [0.05, 0.1) is 12.5 Å². The molecule has 1 aliphatic rings. The summed E-state index contributed by atoms with van der Waals surface area (Å²) < 4.78 is 5.01. The van der Waals surface area contributed by atoms with Crippen LogP contribution < -0.4 is 10.6 Å². The Bertz CT molecular complexity index is 542. The van der Waals surface area contributed by atoms with E-state index in [-0.39, 0.29) is 11.8 Å². The Balaban J connectivity index is 1.54. The molecule has 0 bridgehead atoms. The molecule has 4 nitrogen and oxygen atoms in total. The van der Waals surface area contributed by atoms with Crippen LogP contribution in [0.3, 0.4) is 0 Å². The van der Waals surface area contributed by atoms with Crippen LogP contribution in [0.1, 0.15) is 18.4 Å². The van der Waals surface area contributed by atoms with E-state index >= 15 is 0 Å². The maximum atomic E-state index is 11.6. The Morgan fingerprint density at radius 2 is 1.89 bits per heavy atom. The largest absolute Gasteiger partial charge is 0.472 e. The molecular weight excluding hydrogens is 240 g/mol. The molecule has 1 aromatic heterocycles. The number of carbonyl (C=O) groups is 1. The van der Waals surface area contributed by atoms with Crippen molar-refractivity contribution in [2.24, 2.45) is 5.92 Å². The molecule has 4 heteroatoms. The summed E-state index contributed by atoms with van der Waals surface area (Å²) in [5.74, 6) is 0.373. The van der Waals surface area contributed by atoms with Crippen LogP contribution in [0.15, 0.2) is 47.3 Å². The van der Waals surface area contributed by atoms with Crippen LogP contribution in [0.2, 0.25) is 0 Å². The van der Waals surface area contributed by atoms with Gasteiger partial charge < -0.3 is 15.1 Å². The first-order valence-electron chi connectivity index (χ1n) is 6.47. The zero-order valence-corrected chi connectivity index (χ0v) is 10.6. The highest BCUT2D eigenvalue weighted by Crippen LogP contribution is 2.30. The van der Waals surface area contributed by atoms with Crippen LogP contribution in [-0.2, 0) is 11.3 Å². The Morgan fingerprint density at radius 1 is 1.16 bits per heavy atom. The fourth-order valence-corrected chi connectivity index (χ4v) is 1.86. The molecule has 0 atom stereocenters. The third kappa shape index (κ3) is 3.16. The van der Waals surface area contributed by atoms with E-state index in [2.05, 4.69) is 10.6 Å². The summed E-state index contributed by atoms with van der Waals surface area (Å²) in [7, 11) is 0. The first-order valence-corrected chi connectivity index (χ1v) is 6.47. The molecule has 1 fully saturated rings. The predicted octanol–water partition coefficient (Wildman–Crippen LogP) is 3.24. The summed E-state index contributed by atoms with van der Waals surface area (Å²) in [4.78, 5) is 11.6. The molecule has 98 valence electrons. The van der Waals surface area contributed by atoms with E-state index in [0.717, 1.165) is 36.3 Å². The highest BCUT2D eigenvalue weighted by molar-refractivity contribution is 5.94. The fraction of sp³-hybridized carbons (Fsp3) is 0.267. The van der Waals surface area contributed by atoms with Crippen LogP contribution >= 0.6 is 0 Å². The molecule has 1 saturated carbocycles. The summed E-state index contributed by atoms with van der Waals surface area (Å²) in [5.41, 5.74) is 2.97. The van der Waals surface area contributed by atoms with Crippen LogP contribution in [0, 0.1) is 5.92 Å². The van der Waals surface area contributed by atoms with Crippen molar-refractivity contribution in [3.63, 3.8) is 0 Å². The van der Waals surface area contributed by atoms with Gasteiger partial charge in [0.15, 0.2) is 0 Å². The molecule has 1 aromatic carbocycles. The van der Waals surface area contributed by atoms with E-state index in [1.165, 1.54) is 0 Å². The summed E-state index contributed by atoms with van der Waals surface area (Å²) >= 11 is 0. The number of nitrogens with one attached hydrogen (secondary N) is 2. The summed E-state index contributed by atoms with van der Waals surface area (Å²) in [6.45, 7) is 0.726. The number of hydrogen-bond acceptors (Lipinski definition) is 3. The second-order valence-corrected chi connectivity index (χ2v) is 4.83. The topological polar surface area (TPSA) is 54.3 Å². The maximum absolute atomic E-state index is 11.6. The predicted molar refractivity (Wildman–Crippen MR) is 73.8 cm³/mol. The van der Waals surface area contributed by atoms with Crippen molar-refractivity contribution in [2.75, 3.05) is 10.6 Å². The second kappa shape index (κ2) is 5.18. The number of anilines is 2. The molecule has 0 spiro atoms. The van der Waals surface area contributed by atoms with Gasteiger partial charge in [-0.2, -0.15) is 0 Å². The molecular formula is C15H16N2O2. The van der Waals surface area contributed by atoms with Gasteiger partial charge in [0.25, 0.3) is 0 Å². The van der Waals surface area contributed by atoms with Gasteiger partial charge in [-0.1, -0.05) is 0 Å². The van der Waals surface area contributed by atoms with E-state index in [4.69, 9.17) is 4.42 Å². The molecule has 0 saturated heterocycles. The molecule has 3 rings (SSSR count). The summed E-state index contributed by atoms with van der Waals surface area (Å²) in [6, 6.07) is 9.68. The van der Waals surface area contributed by atoms with Crippen molar-refractivity contribution in [2.45, 2.75) is 19.4 Å². The standard InChI is InChI=1S/C15H16N2O2/c18-15(12-1-2-12)17-14-5-3-13(4-6-14)16-9-11-7-8-19-10-11/h3-8,10,12,16H,1-2,9H2,(H,17,18). The molecule has 2 N–H and O–H groups in total. The molecule has 0 aliphatic heterocycles. The van der Waals surface area contributed by atoms with E-state index in [1.807, 2.05) is 30.3 Å². The average Bonchev–Trinajstić information content (AvgIpc) is 3.16. The van der Waals surface area contributed by atoms with Crippen LogP contribution in [0.5, 0.6) is 0 Å². The summed E-state index contributed by atoms with van der Waals surface area (Å²) in [5, 5.41) is 6.21. The summed E-state index contributed by atoms with van der Waals surface area (Å²) in [6.07, 6.45) is 5.43. The minimum Gasteiger partial charge on any atom is -0.472 e. The van der Waals surface area contributed by atoms with Gasteiger partial charge in [-0.05, 0) is 43.2 Å². The number of furan rings is 1. The monoisotopic (exact) mass is 256 g/mol. The van der Waals surface area contributed by atoms with Gasteiger partial charge in [-0.25, -0.2) is 0 Å². The molecule has 1 aliphatic carbocycles. The van der Waals surface area contributed by atoms with Crippen LogP contribution in [-0.4, -0.2) is 5.91 Å². The SMILES string of the molecule is O=C(Nc1ccc(NCc2ccoc2)cc1)C1CC1. The number of rotatable bonds is 5. The lowest BCUT2D eigenvalue weighted by Gasteiger charge is -2.07. The average molecular weight is 256 g/mol. The minimum atomic E-state index is 0.138. The first-order chi connectivity index (χ1) is 9.31. The van der Waals surface area contributed by atoms with Gasteiger partial charge >= 0.3 is 0 Å². The number of carbonyl (C=O) groups excluding carboxylic acids is 1. The Labute approximate surface area is 111 Å². The molecule has 2 aromatic rings. The lowest BCUT2D eigenvalue weighted by atomic mass is 10.2. The fourth-order valence-electron chi connectivity index (χ4n) is 1.86. The Kier molecular flexibility index (Phi) is 3.23. The van der Waals surface area contributed by atoms with Gasteiger partial charge in [0, 0.05) is 29.4 Å². The third-order valence-electron chi connectivity index (χ3n) is 3.18. The van der Waals surface area contributed by atoms with Crippen LogP contribution in [0.4, 0.5) is 11.4 Å². The molecule has 0 radical (unpaired) electrons. The van der Waals surface area contributed by atoms with Crippen molar-refractivity contribution in [3.05, 3.63) is 48.4 Å². The molecule has 19 heavy (non-hydrogen) atoms. The van der Waals surface area contributed by atoms with Crippen molar-refractivity contribution >= 4 is 17.3 Å². The molecule has 0 unspecified atom stereocenters. The Morgan fingerprint density at radius 3 is 2.53 bits per heavy atom. The van der Waals surface area contributed by atoms with Gasteiger partial charge in [-0.3, -0.25) is 4.79 Å². The normalized spacial score (nSPS) is 14.1. The number of amides is 1. The quantitative estimate of drug-likeness (QED) is 0.863. The van der Waals surface area contributed by atoms with Crippen molar-refractivity contribution in [1.29, 1.82) is 0 Å². The number of benzene rings is 1. The minimum absolute atomic E-state index is 0.138. The number of hydrogen-bond donors (Lipinski definition) is 2. The Hall–Kier alpha value is -2.23. The van der Waals surface area contributed by atoms with Crippen molar-refractivity contribution in [3.8, 4) is 0 Å². The van der Waals surface area contributed by atoms with Crippen LogP contribution in [0.25, 0.3) is 0 Å². The maximum Gasteiger partial charge on any atom is 0.227 e. The van der Waals surface area contributed by atoms with Crippen molar-refractivity contribution in [1.82, 2.24) is 0 Å². The zero-order valence-electron chi connectivity index (χ0n) is 10.6. The second-order valence-electron chi connectivity index (χ2n) is 4.83. The highest BCUT2D eigenvalue weighted by Gasteiger charge is 2.29. The van der Waals surface area contributed by atoms with E-state index in [9.17, 15) is 4.79 Å². The third-order valence-corrected chi connectivity index (χ3v) is 3.18. The highest BCUT2D eigenvalue weighted by atomic mass is 16.3. The first kappa shape index (κ1) is 11.8. The lowest BCUT2D eigenvalue weighted by Crippen LogP contribution is -2.13. The van der Waals surface area contributed by atoms with Gasteiger partial charge in [0.1, 0.15) is 0 Å². The van der Waals surface area contributed by atoms with E-state index < -0.39 is 0 Å². The van der Waals surface area contributed by atoms with Gasteiger partial charge in [0.2, 0.25) is 5.91 Å². The molecule has 1 heterocycles. The van der Waals surface area contributed by atoms with E-state index in [0.29, 0.717) is 0 Å².